The fourth-order valence-electron chi connectivity index (χ4n) is 2.10. The van der Waals surface area contributed by atoms with Crippen molar-refractivity contribution in [3.05, 3.63) is 35.1 Å². The first-order valence-electron chi connectivity index (χ1n) is 5.76. The molecule has 1 atom stereocenters. The van der Waals surface area contributed by atoms with Crippen LogP contribution >= 0.6 is 0 Å². The SMILES string of the molecule is Cc1cc(F)ccc1C(C(=O)O)N(C=O)C1CC1. The Morgan fingerprint density at radius 2 is 2.22 bits per heavy atom. The summed E-state index contributed by atoms with van der Waals surface area (Å²) in [6.45, 7) is 1.64. The molecule has 0 aliphatic heterocycles. The van der Waals surface area contributed by atoms with Crippen molar-refractivity contribution in [3.8, 4) is 0 Å². The first-order chi connectivity index (χ1) is 8.54. The first-order valence-corrected chi connectivity index (χ1v) is 5.76. The summed E-state index contributed by atoms with van der Waals surface area (Å²) in [6, 6.07) is 2.89. The molecule has 1 aliphatic carbocycles. The van der Waals surface area contributed by atoms with Gasteiger partial charge in [0, 0.05) is 6.04 Å². The molecule has 4 nitrogen and oxygen atoms in total. The zero-order valence-electron chi connectivity index (χ0n) is 9.97. The van der Waals surface area contributed by atoms with Crippen molar-refractivity contribution in [3.63, 3.8) is 0 Å². The van der Waals surface area contributed by atoms with E-state index in [1.807, 2.05) is 0 Å². The summed E-state index contributed by atoms with van der Waals surface area (Å²) >= 11 is 0. The van der Waals surface area contributed by atoms with Crippen LogP contribution in [0.5, 0.6) is 0 Å². The smallest absolute Gasteiger partial charge is 0.331 e. The van der Waals surface area contributed by atoms with Gasteiger partial charge in [0.2, 0.25) is 6.41 Å². The van der Waals surface area contributed by atoms with Gasteiger partial charge < -0.3 is 10.0 Å². The maximum atomic E-state index is 13.0. The van der Waals surface area contributed by atoms with Gasteiger partial charge in [-0.3, -0.25) is 4.79 Å². The molecule has 5 heteroatoms. The number of carbonyl (C=O) groups excluding carboxylic acids is 1. The van der Waals surface area contributed by atoms with E-state index >= 15 is 0 Å². The monoisotopic (exact) mass is 251 g/mol. The third kappa shape index (κ3) is 2.34. The van der Waals surface area contributed by atoms with E-state index in [4.69, 9.17) is 0 Å². The van der Waals surface area contributed by atoms with Gasteiger partial charge >= 0.3 is 5.97 Å². The van der Waals surface area contributed by atoms with E-state index in [0.717, 1.165) is 12.8 Å². The maximum absolute atomic E-state index is 13.0. The summed E-state index contributed by atoms with van der Waals surface area (Å²) in [7, 11) is 0. The van der Waals surface area contributed by atoms with Gasteiger partial charge in [-0.05, 0) is 43.0 Å². The van der Waals surface area contributed by atoms with Gasteiger partial charge in [0.1, 0.15) is 5.82 Å². The van der Waals surface area contributed by atoms with E-state index in [2.05, 4.69) is 0 Å². The number of rotatable bonds is 5. The molecule has 0 aromatic heterocycles. The van der Waals surface area contributed by atoms with Crippen LogP contribution in [0.2, 0.25) is 0 Å². The summed E-state index contributed by atoms with van der Waals surface area (Å²) < 4.78 is 13.0. The molecule has 1 aromatic rings. The quantitative estimate of drug-likeness (QED) is 0.813. The van der Waals surface area contributed by atoms with Crippen molar-refractivity contribution in [1.29, 1.82) is 0 Å². The predicted octanol–water partition coefficient (Wildman–Crippen LogP) is 1.88. The van der Waals surface area contributed by atoms with Gasteiger partial charge in [-0.25, -0.2) is 9.18 Å². The molecule has 1 fully saturated rings. The van der Waals surface area contributed by atoms with Crippen molar-refractivity contribution in [2.75, 3.05) is 0 Å². The van der Waals surface area contributed by atoms with Gasteiger partial charge in [-0.1, -0.05) is 6.07 Å². The van der Waals surface area contributed by atoms with Crippen LogP contribution in [0.3, 0.4) is 0 Å². The van der Waals surface area contributed by atoms with E-state index in [1.54, 1.807) is 6.92 Å². The van der Waals surface area contributed by atoms with E-state index in [1.165, 1.54) is 23.1 Å². The number of benzene rings is 1. The average molecular weight is 251 g/mol. The molecule has 0 bridgehead atoms. The van der Waals surface area contributed by atoms with Crippen LogP contribution < -0.4 is 0 Å². The van der Waals surface area contributed by atoms with Gasteiger partial charge in [-0.15, -0.1) is 0 Å². The molecule has 1 N–H and O–H groups in total. The first kappa shape index (κ1) is 12.5. The van der Waals surface area contributed by atoms with Gasteiger partial charge in [0.05, 0.1) is 0 Å². The molecule has 0 heterocycles. The Labute approximate surface area is 104 Å². The number of nitrogens with zero attached hydrogens (tertiary/aromatic N) is 1. The Balaban J connectivity index is 2.40. The van der Waals surface area contributed by atoms with Crippen LogP contribution in [0.4, 0.5) is 4.39 Å². The normalized spacial score (nSPS) is 16.1. The Morgan fingerprint density at radius 3 is 2.67 bits per heavy atom. The molecule has 1 amide bonds. The molecular formula is C13H14FNO3. The lowest BCUT2D eigenvalue weighted by Gasteiger charge is -2.26. The highest BCUT2D eigenvalue weighted by Crippen LogP contribution is 2.34. The largest absolute Gasteiger partial charge is 0.479 e. The lowest BCUT2D eigenvalue weighted by atomic mass is 10.00. The summed E-state index contributed by atoms with van der Waals surface area (Å²) in [5, 5.41) is 9.30. The van der Waals surface area contributed by atoms with Gasteiger partial charge in [0.15, 0.2) is 6.04 Å². The zero-order valence-corrected chi connectivity index (χ0v) is 9.97. The third-order valence-corrected chi connectivity index (χ3v) is 3.15. The Morgan fingerprint density at radius 1 is 1.56 bits per heavy atom. The minimum Gasteiger partial charge on any atom is -0.479 e. The highest BCUT2D eigenvalue weighted by molar-refractivity contribution is 5.79. The van der Waals surface area contributed by atoms with Crippen LogP contribution in [0, 0.1) is 12.7 Å². The third-order valence-electron chi connectivity index (χ3n) is 3.15. The fourth-order valence-corrected chi connectivity index (χ4v) is 2.10. The van der Waals surface area contributed by atoms with E-state index in [0.29, 0.717) is 17.5 Å². The molecule has 1 aromatic carbocycles. The summed E-state index contributed by atoms with van der Waals surface area (Å²) in [5.41, 5.74) is 0.998. The fraction of sp³-hybridized carbons (Fsp3) is 0.385. The summed E-state index contributed by atoms with van der Waals surface area (Å²) in [5.74, 6) is -1.51. The highest BCUT2D eigenvalue weighted by atomic mass is 19.1. The van der Waals surface area contributed by atoms with Crippen LogP contribution in [-0.2, 0) is 9.59 Å². The number of hydrogen-bond acceptors (Lipinski definition) is 2. The van der Waals surface area contributed by atoms with E-state index in [9.17, 15) is 19.1 Å². The lowest BCUT2D eigenvalue weighted by Crippen LogP contribution is -2.35. The number of hydrogen-bond donors (Lipinski definition) is 1. The number of aliphatic carboxylic acids is 1. The number of aryl methyl sites for hydroxylation is 1. The predicted molar refractivity (Wildman–Crippen MR) is 62.4 cm³/mol. The molecule has 1 aliphatic rings. The van der Waals surface area contributed by atoms with E-state index in [-0.39, 0.29) is 6.04 Å². The number of carboxylic acids is 1. The second-order valence-electron chi connectivity index (χ2n) is 4.53. The zero-order chi connectivity index (χ0) is 13.3. The number of carboxylic acid groups (broad SMARTS) is 1. The van der Waals surface area contributed by atoms with Crippen LogP contribution in [-0.4, -0.2) is 28.4 Å². The maximum Gasteiger partial charge on any atom is 0.331 e. The molecule has 1 unspecified atom stereocenters. The van der Waals surface area contributed by atoms with Crippen molar-refractivity contribution in [1.82, 2.24) is 4.90 Å². The summed E-state index contributed by atoms with van der Waals surface area (Å²) in [6.07, 6.45) is 2.21. The van der Waals surface area contributed by atoms with Crippen LogP contribution in [0.1, 0.15) is 30.0 Å². The minimum absolute atomic E-state index is 0.00643. The van der Waals surface area contributed by atoms with E-state index < -0.39 is 17.8 Å². The van der Waals surface area contributed by atoms with Crippen molar-refractivity contribution < 1.29 is 19.1 Å². The number of amides is 1. The standard InChI is InChI=1S/C13H14FNO3/c1-8-6-9(14)2-5-11(8)12(13(17)18)15(7-16)10-3-4-10/h2,5-7,10,12H,3-4H2,1H3,(H,17,18). The Hall–Kier alpha value is -1.91. The van der Waals surface area contributed by atoms with Gasteiger partial charge in [-0.2, -0.15) is 0 Å². The molecule has 18 heavy (non-hydrogen) atoms. The second kappa shape index (κ2) is 4.76. The number of carbonyl (C=O) groups is 2. The van der Waals surface area contributed by atoms with Gasteiger partial charge in [0.25, 0.3) is 0 Å². The topological polar surface area (TPSA) is 57.6 Å². The molecule has 0 spiro atoms. The molecular weight excluding hydrogens is 237 g/mol. The molecule has 1 saturated carbocycles. The van der Waals surface area contributed by atoms with Crippen molar-refractivity contribution in [2.45, 2.75) is 31.8 Å². The lowest BCUT2D eigenvalue weighted by molar-refractivity contribution is -0.147. The summed E-state index contributed by atoms with van der Waals surface area (Å²) in [4.78, 5) is 23.8. The average Bonchev–Trinajstić information content (AvgIpc) is 3.10. The minimum atomic E-state index is -1.09. The Kier molecular flexibility index (Phi) is 3.32. The molecule has 96 valence electrons. The number of halogens is 1. The van der Waals surface area contributed by atoms with Crippen LogP contribution in [0.15, 0.2) is 18.2 Å². The Bertz CT molecular complexity index is 485. The molecule has 2 rings (SSSR count). The second-order valence-corrected chi connectivity index (χ2v) is 4.53. The van der Waals surface area contributed by atoms with Crippen LogP contribution in [0.25, 0.3) is 0 Å². The highest BCUT2D eigenvalue weighted by Gasteiger charge is 2.38. The molecule has 0 saturated heterocycles. The van der Waals surface area contributed by atoms with Crippen molar-refractivity contribution in [2.24, 2.45) is 0 Å². The molecule has 0 radical (unpaired) electrons. The van der Waals surface area contributed by atoms with Crippen molar-refractivity contribution >= 4 is 12.4 Å².